The normalized spacial score (nSPS) is 13.3. The van der Waals surface area contributed by atoms with Gasteiger partial charge in [0.1, 0.15) is 11.3 Å². The highest BCUT2D eigenvalue weighted by molar-refractivity contribution is 5.82. The molecule has 0 amide bonds. The predicted octanol–water partition coefficient (Wildman–Crippen LogP) is 3.71. The van der Waals surface area contributed by atoms with E-state index in [1.54, 1.807) is 0 Å². The van der Waals surface area contributed by atoms with E-state index in [0.29, 0.717) is 12.5 Å². The quantitative estimate of drug-likeness (QED) is 0.860. The van der Waals surface area contributed by atoms with Gasteiger partial charge in [0.25, 0.3) is 0 Å². The summed E-state index contributed by atoms with van der Waals surface area (Å²) >= 11 is 0. The second-order valence-electron chi connectivity index (χ2n) is 5.29. The Bertz CT molecular complexity index is 531. The Kier molecular flexibility index (Phi) is 4.61. The average Bonchev–Trinajstić information content (AvgIpc) is 2.74. The van der Waals surface area contributed by atoms with Crippen molar-refractivity contribution in [2.24, 2.45) is 5.92 Å². The first kappa shape index (κ1) is 14.1. The van der Waals surface area contributed by atoms with Crippen molar-refractivity contribution in [2.45, 2.75) is 40.0 Å². The van der Waals surface area contributed by atoms with Gasteiger partial charge in [0.2, 0.25) is 0 Å². The predicted molar refractivity (Wildman–Crippen MR) is 78.1 cm³/mol. The van der Waals surface area contributed by atoms with Crippen LogP contribution < -0.4 is 5.32 Å². The van der Waals surface area contributed by atoms with E-state index in [0.717, 1.165) is 28.8 Å². The molecule has 1 atom stereocenters. The molecule has 3 nitrogen and oxygen atoms in total. The minimum absolute atomic E-state index is 0.246. The lowest BCUT2D eigenvalue weighted by Gasteiger charge is -2.16. The SMILES string of the molecule is CNCc1oc2ccccc2c1COC(C)C(C)C. The lowest BCUT2D eigenvalue weighted by Crippen LogP contribution is -2.16. The molecule has 1 N–H and O–H groups in total. The van der Waals surface area contributed by atoms with Gasteiger partial charge in [-0.15, -0.1) is 0 Å². The van der Waals surface area contributed by atoms with Crippen LogP contribution in [0.25, 0.3) is 11.0 Å². The number of hydrogen-bond acceptors (Lipinski definition) is 3. The molecule has 0 saturated carbocycles. The fraction of sp³-hybridized carbons (Fsp3) is 0.500. The molecule has 0 spiro atoms. The Labute approximate surface area is 114 Å². The molecule has 104 valence electrons. The largest absolute Gasteiger partial charge is 0.459 e. The fourth-order valence-corrected chi connectivity index (χ4v) is 2.02. The maximum absolute atomic E-state index is 5.96. The van der Waals surface area contributed by atoms with Crippen LogP contribution in [0.3, 0.4) is 0 Å². The van der Waals surface area contributed by atoms with Gasteiger partial charge in [0.05, 0.1) is 19.3 Å². The Morgan fingerprint density at radius 1 is 1.21 bits per heavy atom. The summed E-state index contributed by atoms with van der Waals surface area (Å²) in [5, 5.41) is 4.30. The number of fused-ring (bicyclic) bond motifs is 1. The number of rotatable bonds is 6. The molecule has 1 aromatic heterocycles. The highest BCUT2D eigenvalue weighted by Gasteiger charge is 2.15. The van der Waals surface area contributed by atoms with Gasteiger partial charge in [-0.1, -0.05) is 32.0 Å². The smallest absolute Gasteiger partial charge is 0.134 e. The monoisotopic (exact) mass is 261 g/mol. The number of ether oxygens (including phenoxy) is 1. The second-order valence-corrected chi connectivity index (χ2v) is 5.29. The van der Waals surface area contributed by atoms with Crippen LogP contribution in [0.4, 0.5) is 0 Å². The van der Waals surface area contributed by atoms with E-state index < -0.39 is 0 Å². The first-order valence-corrected chi connectivity index (χ1v) is 6.89. The van der Waals surface area contributed by atoms with Crippen LogP contribution >= 0.6 is 0 Å². The van der Waals surface area contributed by atoms with Gasteiger partial charge in [-0.3, -0.25) is 0 Å². The van der Waals surface area contributed by atoms with Gasteiger partial charge in [-0.2, -0.15) is 0 Å². The zero-order chi connectivity index (χ0) is 13.8. The second kappa shape index (κ2) is 6.22. The van der Waals surface area contributed by atoms with Crippen molar-refractivity contribution in [1.29, 1.82) is 0 Å². The van der Waals surface area contributed by atoms with Crippen molar-refractivity contribution in [3.8, 4) is 0 Å². The summed E-state index contributed by atoms with van der Waals surface area (Å²) in [4.78, 5) is 0. The van der Waals surface area contributed by atoms with Crippen molar-refractivity contribution in [2.75, 3.05) is 7.05 Å². The van der Waals surface area contributed by atoms with E-state index in [1.165, 1.54) is 0 Å². The summed E-state index contributed by atoms with van der Waals surface area (Å²) in [6.07, 6.45) is 0.246. The van der Waals surface area contributed by atoms with Crippen LogP contribution in [0.5, 0.6) is 0 Å². The molecule has 1 heterocycles. The van der Waals surface area contributed by atoms with Gasteiger partial charge in [-0.25, -0.2) is 0 Å². The van der Waals surface area contributed by atoms with Crippen LogP contribution in [0.2, 0.25) is 0 Å². The number of para-hydroxylation sites is 1. The molecule has 19 heavy (non-hydrogen) atoms. The Morgan fingerprint density at radius 3 is 2.63 bits per heavy atom. The highest BCUT2D eigenvalue weighted by Crippen LogP contribution is 2.27. The van der Waals surface area contributed by atoms with E-state index in [-0.39, 0.29) is 6.10 Å². The number of furan rings is 1. The van der Waals surface area contributed by atoms with Crippen molar-refractivity contribution >= 4 is 11.0 Å². The molecule has 0 aliphatic carbocycles. The maximum Gasteiger partial charge on any atom is 0.134 e. The summed E-state index contributed by atoms with van der Waals surface area (Å²) in [6.45, 7) is 7.79. The van der Waals surface area contributed by atoms with Gasteiger partial charge in [0, 0.05) is 10.9 Å². The van der Waals surface area contributed by atoms with Crippen LogP contribution in [0.1, 0.15) is 32.1 Å². The molecular formula is C16H23NO2. The third-order valence-corrected chi connectivity index (χ3v) is 3.55. The van der Waals surface area contributed by atoms with Gasteiger partial charge in [0.15, 0.2) is 0 Å². The molecule has 1 unspecified atom stereocenters. The van der Waals surface area contributed by atoms with Crippen LogP contribution in [-0.2, 0) is 17.9 Å². The summed E-state index contributed by atoms with van der Waals surface area (Å²) in [6, 6.07) is 8.13. The van der Waals surface area contributed by atoms with E-state index in [4.69, 9.17) is 9.15 Å². The molecule has 0 radical (unpaired) electrons. The van der Waals surface area contributed by atoms with E-state index in [9.17, 15) is 0 Å². The molecule has 0 aliphatic rings. The third kappa shape index (κ3) is 3.17. The Balaban J connectivity index is 2.26. The summed E-state index contributed by atoms with van der Waals surface area (Å²) in [7, 11) is 1.93. The topological polar surface area (TPSA) is 34.4 Å². The lowest BCUT2D eigenvalue weighted by molar-refractivity contribution is 0.0233. The van der Waals surface area contributed by atoms with Crippen molar-refractivity contribution in [3.05, 3.63) is 35.6 Å². The van der Waals surface area contributed by atoms with E-state index in [2.05, 4.69) is 32.2 Å². The molecule has 2 aromatic rings. The molecule has 1 aromatic carbocycles. The first-order chi connectivity index (χ1) is 9.13. The summed E-state index contributed by atoms with van der Waals surface area (Å²) in [5.41, 5.74) is 2.10. The molecule has 0 bridgehead atoms. The molecular weight excluding hydrogens is 238 g/mol. The van der Waals surface area contributed by atoms with Crippen LogP contribution in [-0.4, -0.2) is 13.2 Å². The number of hydrogen-bond donors (Lipinski definition) is 1. The zero-order valence-corrected chi connectivity index (χ0v) is 12.2. The fourth-order valence-electron chi connectivity index (χ4n) is 2.02. The van der Waals surface area contributed by atoms with E-state index in [1.807, 2.05) is 25.2 Å². The Morgan fingerprint density at radius 2 is 1.95 bits per heavy atom. The van der Waals surface area contributed by atoms with Crippen LogP contribution in [0.15, 0.2) is 28.7 Å². The van der Waals surface area contributed by atoms with Crippen LogP contribution in [0, 0.1) is 5.92 Å². The lowest BCUT2D eigenvalue weighted by atomic mass is 10.1. The van der Waals surface area contributed by atoms with Crippen molar-refractivity contribution < 1.29 is 9.15 Å². The maximum atomic E-state index is 5.96. The van der Waals surface area contributed by atoms with Gasteiger partial charge >= 0.3 is 0 Å². The van der Waals surface area contributed by atoms with Crippen molar-refractivity contribution in [3.63, 3.8) is 0 Å². The molecule has 2 rings (SSSR count). The highest BCUT2D eigenvalue weighted by atomic mass is 16.5. The standard InChI is InChI=1S/C16H23NO2/c1-11(2)12(3)18-10-14-13-7-5-6-8-15(13)19-16(14)9-17-4/h5-8,11-12,17H,9-10H2,1-4H3. The minimum Gasteiger partial charge on any atom is -0.459 e. The molecule has 0 fully saturated rings. The summed E-state index contributed by atoms with van der Waals surface area (Å²) < 4.78 is 11.8. The first-order valence-electron chi connectivity index (χ1n) is 6.89. The van der Waals surface area contributed by atoms with Crippen molar-refractivity contribution in [1.82, 2.24) is 5.32 Å². The minimum atomic E-state index is 0.246. The third-order valence-electron chi connectivity index (χ3n) is 3.55. The Hall–Kier alpha value is -1.32. The van der Waals surface area contributed by atoms with Gasteiger partial charge in [-0.05, 0) is 26.0 Å². The number of nitrogens with one attached hydrogen (secondary N) is 1. The zero-order valence-electron chi connectivity index (χ0n) is 12.2. The molecule has 0 aliphatic heterocycles. The molecule has 0 saturated heterocycles. The average molecular weight is 261 g/mol. The summed E-state index contributed by atoms with van der Waals surface area (Å²) in [5.74, 6) is 1.49. The van der Waals surface area contributed by atoms with Gasteiger partial charge < -0.3 is 14.5 Å². The van der Waals surface area contributed by atoms with E-state index >= 15 is 0 Å². The number of benzene rings is 1. The molecule has 3 heteroatoms.